The molecule has 1 aromatic rings. The summed E-state index contributed by atoms with van der Waals surface area (Å²) in [5, 5.41) is 23.6. The van der Waals surface area contributed by atoms with Crippen LogP contribution in [0, 0.1) is 41.4 Å². The van der Waals surface area contributed by atoms with E-state index >= 15 is 0 Å². The number of Topliss-reactive ketones (excluding diaryl/α,β-unsaturated/α-hetero) is 1. The molecule has 5 atom stereocenters. The first-order valence-electron chi connectivity index (χ1n) is 12.4. The van der Waals surface area contributed by atoms with Crippen LogP contribution in [0.1, 0.15) is 84.3 Å². The second-order valence-electron chi connectivity index (χ2n) is 10.6. The first kappa shape index (κ1) is 28.9. The summed E-state index contributed by atoms with van der Waals surface area (Å²) in [6, 6.07) is 2.16. The van der Waals surface area contributed by atoms with Gasteiger partial charge in [0.1, 0.15) is 11.9 Å². The molecule has 0 unspecified atom stereocenters. The normalized spacial score (nSPS) is 31.2. The molecule has 1 aliphatic rings. The van der Waals surface area contributed by atoms with Crippen LogP contribution in [-0.2, 0) is 14.3 Å². The third-order valence-corrected chi connectivity index (χ3v) is 8.04. The Balaban J connectivity index is 2.38. The highest BCUT2D eigenvalue weighted by Gasteiger charge is 2.43. The molecule has 1 aromatic heterocycles. The molecule has 0 bridgehead atoms. The van der Waals surface area contributed by atoms with Crippen LogP contribution in [0.15, 0.2) is 22.6 Å². The predicted octanol–water partition coefficient (Wildman–Crippen LogP) is 6.05. The van der Waals surface area contributed by atoms with Crippen LogP contribution < -0.4 is 0 Å². The molecular weight excluding hydrogens is 460 g/mol. The average Bonchev–Trinajstić information content (AvgIpc) is 3.21. The van der Waals surface area contributed by atoms with E-state index in [9.17, 15) is 20.0 Å². The zero-order chi connectivity index (χ0) is 26.3. The number of ketones is 1. The van der Waals surface area contributed by atoms with Gasteiger partial charge in [0.15, 0.2) is 0 Å². The third kappa shape index (κ3) is 7.85. The van der Waals surface area contributed by atoms with Gasteiger partial charge in [0.25, 0.3) is 0 Å². The Labute approximate surface area is 214 Å². The first-order valence-corrected chi connectivity index (χ1v) is 13.3. The molecule has 1 N–H and O–H groups in total. The number of aliphatic hydroxyl groups is 1. The number of cyclic esters (lactones) is 1. The molecule has 0 radical (unpaired) electrons. The van der Waals surface area contributed by atoms with E-state index < -0.39 is 35.4 Å². The molecule has 1 aliphatic heterocycles. The number of hydrogen-bond donors (Lipinski definition) is 1. The molecule has 35 heavy (non-hydrogen) atoms. The van der Waals surface area contributed by atoms with Crippen LogP contribution in [0.5, 0.6) is 0 Å². The molecule has 0 saturated carbocycles. The quantitative estimate of drug-likeness (QED) is 0.392. The molecule has 0 aromatic carbocycles. The van der Waals surface area contributed by atoms with Crippen molar-refractivity contribution in [3.8, 4) is 6.07 Å². The van der Waals surface area contributed by atoms with Gasteiger partial charge < -0.3 is 9.84 Å². The molecule has 192 valence electrons. The minimum atomic E-state index is -1.10. The molecule has 0 amide bonds. The summed E-state index contributed by atoms with van der Waals surface area (Å²) in [5.74, 6) is -2.25. The van der Waals surface area contributed by atoms with Crippen LogP contribution in [0.25, 0.3) is 6.08 Å². The number of aliphatic hydroxyl groups excluding tert-OH is 1. The largest absolute Gasteiger partial charge is 0.457 e. The van der Waals surface area contributed by atoms with Gasteiger partial charge in [-0.1, -0.05) is 39.3 Å². The predicted molar refractivity (Wildman–Crippen MR) is 139 cm³/mol. The van der Waals surface area contributed by atoms with Crippen molar-refractivity contribution in [2.75, 3.05) is 0 Å². The number of rotatable bonds is 2. The Morgan fingerprint density at radius 2 is 2.00 bits per heavy atom. The van der Waals surface area contributed by atoms with Gasteiger partial charge in [0, 0.05) is 23.1 Å². The minimum Gasteiger partial charge on any atom is -0.457 e. The molecule has 2 heterocycles. The average molecular weight is 501 g/mol. The number of ether oxygens (including phenoxy) is 1. The van der Waals surface area contributed by atoms with Crippen molar-refractivity contribution >= 4 is 29.2 Å². The van der Waals surface area contributed by atoms with Crippen LogP contribution in [0.3, 0.4) is 0 Å². The Kier molecular flexibility index (Phi) is 10.4. The lowest BCUT2D eigenvalue weighted by Crippen LogP contribution is -2.43. The van der Waals surface area contributed by atoms with Crippen molar-refractivity contribution in [2.24, 2.45) is 23.2 Å². The summed E-state index contributed by atoms with van der Waals surface area (Å²) >= 11 is 1.56. The molecule has 6 nitrogen and oxygen atoms in total. The van der Waals surface area contributed by atoms with Crippen molar-refractivity contribution in [1.29, 1.82) is 5.26 Å². The van der Waals surface area contributed by atoms with Crippen LogP contribution in [0.2, 0.25) is 0 Å². The summed E-state index contributed by atoms with van der Waals surface area (Å²) < 4.78 is 5.88. The summed E-state index contributed by atoms with van der Waals surface area (Å²) in [7, 11) is 0. The molecular formula is C28H40N2O4S. The second-order valence-corrected chi connectivity index (χ2v) is 11.6. The zero-order valence-corrected chi connectivity index (χ0v) is 22.9. The highest BCUT2D eigenvalue weighted by molar-refractivity contribution is 7.09. The topological polar surface area (TPSA) is 100 Å². The molecule has 0 aliphatic carbocycles. The van der Waals surface area contributed by atoms with Gasteiger partial charge in [-0.15, -0.1) is 11.3 Å². The lowest BCUT2D eigenvalue weighted by molar-refractivity contribution is -0.149. The molecule has 2 rings (SSSR count). The Hall–Kier alpha value is -2.30. The van der Waals surface area contributed by atoms with E-state index in [0.717, 1.165) is 35.5 Å². The van der Waals surface area contributed by atoms with Crippen molar-refractivity contribution < 1.29 is 19.4 Å². The lowest BCUT2D eigenvalue weighted by Gasteiger charge is -2.34. The maximum atomic E-state index is 13.3. The fourth-order valence-electron chi connectivity index (χ4n) is 4.63. The van der Waals surface area contributed by atoms with E-state index in [4.69, 9.17) is 4.74 Å². The van der Waals surface area contributed by atoms with Crippen molar-refractivity contribution in [3.05, 3.63) is 33.3 Å². The van der Waals surface area contributed by atoms with E-state index in [1.807, 2.05) is 32.2 Å². The van der Waals surface area contributed by atoms with Crippen molar-refractivity contribution in [2.45, 2.75) is 92.8 Å². The van der Waals surface area contributed by atoms with E-state index in [0.29, 0.717) is 6.42 Å². The number of carbonyl (C=O) groups excluding carboxylic acids is 2. The number of nitriles is 1. The monoisotopic (exact) mass is 500 g/mol. The molecule has 7 heteroatoms. The summed E-state index contributed by atoms with van der Waals surface area (Å²) in [6.45, 7) is 13.0. The SMILES string of the molecule is C/C1=C/C[C@@H](/C(C)=C/c2csc(C)n2)OC(=O)C[C@@H](C#N)C(C)(C)C(=O)[C@H](C)[C@@H](O)[C@@H](C)CCC1. The fraction of sp³-hybridized carbons (Fsp3) is 0.643. The highest BCUT2D eigenvalue weighted by Crippen LogP contribution is 2.36. The summed E-state index contributed by atoms with van der Waals surface area (Å²) in [5.41, 5.74) is 1.80. The third-order valence-electron chi connectivity index (χ3n) is 7.25. The number of thiazole rings is 1. The van der Waals surface area contributed by atoms with E-state index in [1.54, 1.807) is 32.1 Å². The van der Waals surface area contributed by atoms with E-state index in [2.05, 4.69) is 24.1 Å². The molecule has 0 fully saturated rings. The second kappa shape index (κ2) is 12.6. The number of esters is 1. The van der Waals surface area contributed by atoms with Gasteiger partial charge in [0.05, 0.1) is 35.2 Å². The van der Waals surface area contributed by atoms with Gasteiger partial charge in [-0.3, -0.25) is 9.59 Å². The standard InChI is InChI=1S/C28H40N2O4S/c1-17-9-8-10-18(2)26(32)20(4)27(33)28(6,7)22(15-29)14-25(31)34-24(12-11-17)19(3)13-23-16-35-21(5)30-23/h11,13,16,18,20,22,24,26,32H,8-10,12,14H2,1-7H3/b17-11-,19-13+/t18-,20+,22-,24-,26-/m0/s1. The highest BCUT2D eigenvalue weighted by atomic mass is 32.1. The number of carbonyl (C=O) groups is 2. The van der Waals surface area contributed by atoms with Crippen LogP contribution in [0.4, 0.5) is 0 Å². The maximum absolute atomic E-state index is 13.3. The Morgan fingerprint density at radius 3 is 2.60 bits per heavy atom. The number of nitrogens with zero attached hydrogens (tertiary/aromatic N) is 2. The smallest absolute Gasteiger partial charge is 0.307 e. The Morgan fingerprint density at radius 1 is 1.31 bits per heavy atom. The minimum absolute atomic E-state index is 0.0459. The van der Waals surface area contributed by atoms with Crippen LogP contribution >= 0.6 is 11.3 Å². The fourth-order valence-corrected chi connectivity index (χ4v) is 5.20. The molecule has 0 saturated heterocycles. The zero-order valence-electron chi connectivity index (χ0n) is 22.1. The Bertz CT molecular complexity index is 1000. The first-order chi connectivity index (χ1) is 16.4. The number of aryl methyl sites for hydroxylation is 1. The summed E-state index contributed by atoms with van der Waals surface area (Å²) in [4.78, 5) is 30.8. The van der Waals surface area contributed by atoms with Gasteiger partial charge >= 0.3 is 5.97 Å². The van der Waals surface area contributed by atoms with Gasteiger partial charge in [-0.2, -0.15) is 5.26 Å². The molecule has 0 spiro atoms. The van der Waals surface area contributed by atoms with Crippen molar-refractivity contribution in [1.82, 2.24) is 4.98 Å². The van der Waals surface area contributed by atoms with Gasteiger partial charge in [-0.25, -0.2) is 4.98 Å². The summed E-state index contributed by atoms with van der Waals surface area (Å²) in [6.07, 6.45) is 5.66. The number of aromatic nitrogens is 1. The number of hydrogen-bond acceptors (Lipinski definition) is 7. The lowest BCUT2D eigenvalue weighted by atomic mass is 9.69. The van der Waals surface area contributed by atoms with E-state index in [-0.39, 0.29) is 18.1 Å². The van der Waals surface area contributed by atoms with Crippen LogP contribution in [-0.4, -0.2) is 34.1 Å². The van der Waals surface area contributed by atoms with Gasteiger partial charge in [0.2, 0.25) is 0 Å². The van der Waals surface area contributed by atoms with Gasteiger partial charge in [-0.05, 0) is 57.6 Å². The van der Waals surface area contributed by atoms with E-state index in [1.165, 1.54) is 5.57 Å². The maximum Gasteiger partial charge on any atom is 0.307 e. The number of allylic oxidation sites excluding steroid dienone is 1. The van der Waals surface area contributed by atoms with Crippen molar-refractivity contribution in [3.63, 3.8) is 0 Å².